The number of aromatic nitrogens is 2. The molecule has 1 aromatic heterocycles. The first kappa shape index (κ1) is 11.4. The van der Waals surface area contributed by atoms with Crippen molar-refractivity contribution in [3.8, 4) is 23.0 Å². The number of nitrogens with two attached hydrogens (primary N) is 1. The fourth-order valence-corrected chi connectivity index (χ4v) is 1.50. The molecule has 0 aliphatic rings. The van der Waals surface area contributed by atoms with Crippen LogP contribution in [0.5, 0.6) is 11.5 Å². The highest BCUT2D eigenvalue weighted by Gasteiger charge is 2.16. The van der Waals surface area contributed by atoms with Crippen LogP contribution in [-0.2, 0) is 6.54 Å². The molecular formula is C11H13N3O3. The SMILES string of the molecule is COc1cccc(-c2nnc(CN)o2)c1OC. The highest BCUT2D eigenvalue weighted by atomic mass is 16.5. The summed E-state index contributed by atoms with van der Waals surface area (Å²) in [6, 6.07) is 5.43. The van der Waals surface area contributed by atoms with Crippen LogP contribution in [0, 0.1) is 0 Å². The molecule has 0 aliphatic heterocycles. The minimum atomic E-state index is 0.208. The van der Waals surface area contributed by atoms with E-state index in [2.05, 4.69) is 10.2 Å². The third-order valence-electron chi connectivity index (χ3n) is 2.27. The molecule has 2 aromatic rings. The molecule has 0 fully saturated rings. The van der Waals surface area contributed by atoms with Gasteiger partial charge in [0, 0.05) is 0 Å². The van der Waals surface area contributed by atoms with Gasteiger partial charge in [-0.3, -0.25) is 0 Å². The summed E-state index contributed by atoms with van der Waals surface area (Å²) in [5.74, 6) is 1.91. The van der Waals surface area contributed by atoms with Gasteiger partial charge in [-0.25, -0.2) is 0 Å². The van der Waals surface area contributed by atoms with Gasteiger partial charge in [0.05, 0.1) is 26.3 Å². The van der Waals surface area contributed by atoms with E-state index in [1.165, 1.54) is 0 Å². The molecular weight excluding hydrogens is 222 g/mol. The van der Waals surface area contributed by atoms with Gasteiger partial charge in [-0.2, -0.15) is 0 Å². The van der Waals surface area contributed by atoms with Gasteiger partial charge in [-0.15, -0.1) is 10.2 Å². The smallest absolute Gasteiger partial charge is 0.251 e. The lowest BCUT2D eigenvalue weighted by Gasteiger charge is -2.09. The minimum Gasteiger partial charge on any atom is -0.493 e. The molecule has 90 valence electrons. The summed E-state index contributed by atoms with van der Waals surface area (Å²) in [5.41, 5.74) is 6.10. The molecule has 1 heterocycles. The number of rotatable bonds is 4. The Balaban J connectivity index is 2.50. The topological polar surface area (TPSA) is 83.4 Å². The zero-order valence-corrected chi connectivity index (χ0v) is 9.64. The summed E-state index contributed by atoms with van der Waals surface area (Å²) in [6.07, 6.45) is 0. The summed E-state index contributed by atoms with van der Waals surface area (Å²) < 4.78 is 15.9. The second kappa shape index (κ2) is 4.84. The van der Waals surface area contributed by atoms with Crippen molar-refractivity contribution in [2.75, 3.05) is 14.2 Å². The third kappa shape index (κ3) is 2.07. The largest absolute Gasteiger partial charge is 0.493 e. The Hall–Kier alpha value is -2.08. The molecule has 17 heavy (non-hydrogen) atoms. The number of para-hydroxylation sites is 1. The number of benzene rings is 1. The molecule has 0 saturated heterocycles. The summed E-state index contributed by atoms with van der Waals surface area (Å²) in [6.45, 7) is 0.208. The van der Waals surface area contributed by atoms with E-state index >= 15 is 0 Å². The maximum atomic E-state index is 5.42. The van der Waals surface area contributed by atoms with Crippen LogP contribution in [0.25, 0.3) is 11.5 Å². The lowest BCUT2D eigenvalue weighted by atomic mass is 10.2. The molecule has 0 unspecified atom stereocenters. The molecule has 1 aromatic carbocycles. The van der Waals surface area contributed by atoms with Crippen molar-refractivity contribution in [3.63, 3.8) is 0 Å². The Bertz CT molecular complexity index is 510. The Labute approximate surface area is 98.4 Å². The lowest BCUT2D eigenvalue weighted by Crippen LogP contribution is -1.95. The van der Waals surface area contributed by atoms with Gasteiger partial charge in [-0.05, 0) is 12.1 Å². The van der Waals surface area contributed by atoms with Gasteiger partial charge in [0.15, 0.2) is 11.5 Å². The molecule has 0 bridgehead atoms. The minimum absolute atomic E-state index is 0.208. The van der Waals surface area contributed by atoms with Crippen LogP contribution in [0.2, 0.25) is 0 Å². The average molecular weight is 235 g/mol. The van der Waals surface area contributed by atoms with E-state index < -0.39 is 0 Å². The lowest BCUT2D eigenvalue weighted by molar-refractivity contribution is 0.355. The first-order chi connectivity index (χ1) is 8.30. The second-order valence-corrected chi connectivity index (χ2v) is 3.25. The Morgan fingerprint density at radius 3 is 2.65 bits per heavy atom. The van der Waals surface area contributed by atoms with Gasteiger partial charge in [0.2, 0.25) is 5.89 Å². The number of ether oxygens (including phenoxy) is 2. The van der Waals surface area contributed by atoms with E-state index in [9.17, 15) is 0 Å². The molecule has 0 saturated carbocycles. The predicted octanol–water partition coefficient (Wildman–Crippen LogP) is 1.21. The summed E-state index contributed by atoms with van der Waals surface area (Å²) >= 11 is 0. The molecule has 2 rings (SSSR count). The Kier molecular flexibility index (Phi) is 3.24. The monoisotopic (exact) mass is 235 g/mol. The molecule has 0 aliphatic carbocycles. The molecule has 0 radical (unpaired) electrons. The highest BCUT2D eigenvalue weighted by Crippen LogP contribution is 2.36. The standard InChI is InChI=1S/C11H13N3O3/c1-15-8-5-3-4-7(10(8)16-2)11-14-13-9(6-12)17-11/h3-5H,6,12H2,1-2H3. The number of hydrogen-bond donors (Lipinski definition) is 1. The van der Waals surface area contributed by atoms with Crippen LogP contribution in [-0.4, -0.2) is 24.4 Å². The van der Waals surface area contributed by atoms with Crippen LogP contribution >= 0.6 is 0 Å². The summed E-state index contributed by atoms with van der Waals surface area (Å²) in [5, 5.41) is 7.71. The van der Waals surface area contributed by atoms with Gasteiger partial charge < -0.3 is 19.6 Å². The molecule has 0 amide bonds. The molecule has 2 N–H and O–H groups in total. The number of nitrogens with zero attached hydrogens (tertiary/aromatic N) is 2. The molecule has 6 nitrogen and oxygen atoms in total. The predicted molar refractivity (Wildman–Crippen MR) is 60.7 cm³/mol. The van der Waals surface area contributed by atoms with Gasteiger partial charge in [-0.1, -0.05) is 6.07 Å². The summed E-state index contributed by atoms with van der Waals surface area (Å²) in [4.78, 5) is 0. The van der Waals surface area contributed by atoms with E-state index in [0.29, 0.717) is 28.8 Å². The van der Waals surface area contributed by atoms with E-state index in [0.717, 1.165) is 0 Å². The van der Waals surface area contributed by atoms with Gasteiger partial charge >= 0.3 is 0 Å². The van der Waals surface area contributed by atoms with E-state index in [1.807, 2.05) is 12.1 Å². The molecule has 6 heteroatoms. The second-order valence-electron chi connectivity index (χ2n) is 3.25. The maximum absolute atomic E-state index is 5.42. The van der Waals surface area contributed by atoms with Crippen molar-refractivity contribution in [3.05, 3.63) is 24.1 Å². The fraction of sp³-hybridized carbons (Fsp3) is 0.273. The summed E-state index contributed by atoms with van der Waals surface area (Å²) in [7, 11) is 3.13. The third-order valence-corrected chi connectivity index (χ3v) is 2.27. The van der Waals surface area contributed by atoms with Crippen molar-refractivity contribution in [1.29, 1.82) is 0 Å². The van der Waals surface area contributed by atoms with Crippen molar-refractivity contribution in [2.45, 2.75) is 6.54 Å². The van der Waals surface area contributed by atoms with E-state index in [1.54, 1.807) is 20.3 Å². The van der Waals surface area contributed by atoms with Crippen LogP contribution in [0.15, 0.2) is 22.6 Å². The Morgan fingerprint density at radius 2 is 2.06 bits per heavy atom. The maximum Gasteiger partial charge on any atom is 0.251 e. The van der Waals surface area contributed by atoms with Gasteiger partial charge in [0.25, 0.3) is 5.89 Å². The quantitative estimate of drug-likeness (QED) is 0.857. The number of methoxy groups -OCH3 is 2. The van der Waals surface area contributed by atoms with E-state index in [-0.39, 0.29) is 6.54 Å². The van der Waals surface area contributed by atoms with Crippen LogP contribution < -0.4 is 15.2 Å². The van der Waals surface area contributed by atoms with Crippen LogP contribution in [0.1, 0.15) is 5.89 Å². The van der Waals surface area contributed by atoms with E-state index in [4.69, 9.17) is 19.6 Å². The van der Waals surface area contributed by atoms with Crippen molar-refractivity contribution >= 4 is 0 Å². The first-order valence-corrected chi connectivity index (χ1v) is 5.04. The molecule has 0 atom stereocenters. The molecule has 0 spiro atoms. The van der Waals surface area contributed by atoms with Crippen LogP contribution in [0.4, 0.5) is 0 Å². The van der Waals surface area contributed by atoms with Gasteiger partial charge in [0.1, 0.15) is 0 Å². The highest BCUT2D eigenvalue weighted by molar-refractivity contribution is 5.67. The average Bonchev–Trinajstić information content (AvgIpc) is 2.86. The normalized spacial score (nSPS) is 10.3. The zero-order valence-electron chi connectivity index (χ0n) is 9.64. The van der Waals surface area contributed by atoms with Crippen LogP contribution in [0.3, 0.4) is 0 Å². The Morgan fingerprint density at radius 1 is 1.24 bits per heavy atom. The van der Waals surface area contributed by atoms with Crippen molar-refractivity contribution < 1.29 is 13.9 Å². The zero-order chi connectivity index (χ0) is 12.3. The van der Waals surface area contributed by atoms with Crippen molar-refractivity contribution in [1.82, 2.24) is 10.2 Å². The van der Waals surface area contributed by atoms with Crippen molar-refractivity contribution in [2.24, 2.45) is 5.73 Å². The fourth-order valence-electron chi connectivity index (χ4n) is 1.50. The number of hydrogen-bond acceptors (Lipinski definition) is 6. The first-order valence-electron chi connectivity index (χ1n) is 5.04.